The minimum absolute atomic E-state index is 0.0836. The Labute approximate surface area is 158 Å². The van der Waals surface area contributed by atoms with Crippen LogP contribution in [0.4, 0.5) is 0 Å². The van der Waals surface area contributed by atoms with Gasteiger partial charge in [-0.25, -0.2) is 0 Å². The summed E-state index contributed by atoms with van der Waals surface area (Å²) in [7, 11) is 0. The van der Waals surface area contributed by atoms with Gasteiger partial charge in [-0.15, -0.1) is 11.8 Å². The van der Waals surface area contributed by atoms with Crippen LogP contribution < -0.4 is 10.1 Å². The quantitative estimate of drug-likeness (QED) is 0.453. The highest BCUT2D eigenvalue weighted by atomic mass is 32.2. The summed E-state index contributed by atoms with van der Waals surface area (Å²) in [6.07, 6.45) is 3.05. The van der Waals surface area contributed by atoms with E-state index in [2.05, 4.69) is 22.4 Å². The molecule has 3 aromatic rings. The largest absolute Gasteiger partial charge is 0.491 e. The molecule has 5 heteroatoms. The molecule has 134 valence electrons. The number of amides is 1. The first-order valence-corrected chi connectivity index (χ1v) is 9.72. The molecule has 1 aromatic heterocycles. The molecule has 0 saturated carbocycles. The van der Waals surface area contributed by atoms with Crippen LogP contribution in [0.5, 0.6) is 5.75 Å². The number of para-hydroxylation sites is 1. The molecular weight excluding hydrogens is 344 g/mol. The number of fused-ring (bicyclic) bond motifs is 1. The molecule has 1 amide bonds. The molecule has 2 aromatic carbocycles. The standard InChI is InChI=1S/C21H22N2O2S/c24-20(12-16-26-18-9-2-1-3-10-18)22-14-6-15-25-19-11-4-7-17-8-5-13-23-21(17)19/h1-5,7-11,13H,6,12,14-16H2,(H,22,24). The molecule has 0 unspecified atom stereocenters. The molecule has 0 saturated heterocycles. The van der Waals surface area contributed by atoms with E-state index in [0.29, 0.717) is 19.6 Å². The Morgan fingerprint density at radius 1 is 1.04 bits per heavy atom. The van der Waals surface area contributed by atoms with Gasteiger partial charge in [-0.05, 0) is 30.7 Å². The lowest BCUT2D eigenvalue weighted by atomic mass is 10.2. The molecule has 0 radical (unpaired) electrons. The number of hydrogen-bond acceptors (Lipinski definition) is 4. The SMILES string of the molecule is O=C(CCSc1ccccc1)NCCCOc1cccc2cccnc12. The molecule has 3 rings (SSSR count). The number of benzene rings is 2. The van der Waals surface area contributed by atoms with Gasteiger partial charge in [-0.2, -0.15) is 0 Å². The molecule has 4 nitrogen and oxygen atoms in total. The zero-order valence-corrected chi connectivity index (χ0v) is 15.4. The summed E-state index contributed by atoms with van der Waals surface area (Å²) in [5.74, 6) is 1.66. The number of aromatic nitrogens is 1. The zero-order chi connectivity index (χ0) is 18.0. The Hall–Kier alpha value is -2.53. The van der Waals surface area contributed by atoms with E-state index in [1.165, 1.54) is 4.90 Å². The highest BCUT2D eigenvalue weighted by Crippen LogP contribution is 2.22. The molecule has 26 heavy (non-hydrogen) atoms. The van der Waals surface area contributed by atoms with Crippen LogP contribution in [-0.2, 0) is 4.79 Å². The molecular formula is C21H22N2O2S. The summed E-state index contributed by atoms with van der Waals surface area (Å²) in [4.78, 5) is 17.4. The van der Waals surface area contributed by atoms with Gasteiger partial charge >= 0.3 is 0 Å². The van der Waals surface area contributed by atoms with E-state index < -0.39 is 0 Å². The van der Waals surface area contributed by atoms with Crippen LogP contribution in [0.1, 0.15) is 12.8 Å². The predicted molar refractivity (Wildman–Crippen MR) is 107 cm³/mol. The molecule has 0 spiro atoms. The number of carbonyl (C=O) groups excluding carboxylic acids is 1. The summed E-state index contributed by atoms with van der Waals surface area (Å²) in [5, 5.41) is 4.01. The first-order valence-electron chi connectivity index (χ1n) is 8.74. The maximum absolute atomic E-state index is 11.9. The van der Waals surface area contributed by atoms with Crippen LogP contribution in [0.3, 0.4) is 0 Å². The van der Waals surface area contributed by atoms with Gasteiger partial charge in [0.15, 0.2) is 0 Å². The van der Waals surface area contributed by atoms with E-state index in [4.69, 9.17) is 4.74 Å². The van der Waals surface area contributed by atoms with Crippen LogP contribution in [0.15, 0.2) is 71.8 Å². The topological polar surface area (TPSA) is 51.2 Å². The van der Waals surface area contributed by atoms with E-state index in [1.807, 2.05) is 48.5 Å². The fraction of sp³-hybridized carbons (Fsp3) is 0.238. The Morgan fingerprint density at radius 3 is 2.77 bits per heavy atom. The molecule has 0 aliphatic rings. The second-order valence-corrected chi connectivity index (χ2v) is 6.96. The number of thioether (sulfide) groups is 1. The van der Waals surface area contributed by atoms with Crippen molar-refractivity contribution in [3.8, 4) is 5.75 Å². The van der Waals surface area contributed by atoms with Crippen molar-refractivity contribution in [1.82, 2.24) is 10.3 Å². The van der Waals surface area contributed by atoms with Crippen LogP contribution in [0.25, 0.3) is 10.9 Å². The van der Waals surface area contributed by atoms with Crippen LogP contribution in [-0.4, -0.2) is 29.8 Å². The Kier molecular flexibility index (Phi) is 6.90. The van der Waals surface area contributed by atoms with Crippen molar-refractivity contribution in [2.24, 2.45) is 0 Å². The van der Waals surface area contributed by atoms with Gasteiger partial charge in [0.2, 0.25) is 5.91 Å². The highest BCUT2D eigenvalue weighted by Gasteiger charge is 2.04. The molecule has 0 atom stereocenters. The van der Waals surface area contributed by atoms with Gasteiger partial charge < -0.3 is 10.1 Å². The van der Waals surface area contributed by atoms with Crippen molar-refractivity contribution in [2.75, 3.05) is 18.9 Å². The second kappa shape index (κ2) is 9.82. The molecule has 0 fully saturated rings. The van der Waals surface area contributed by atoms with Crippen molar-refractivity contribution < 1.29 is 9.53 Å². The second-order valence-electron chi connectivity index (χ2n) is 5.79. The van der Waals surface area contributed by atoms with Gasteiger partial charge in [-0.1, -0.05) is 36.4 Å². The summed E-state index contributed by atoms with van der Waals surface area (Å²) in [5.41, 5.74) is 0.872. The summed E-state index contributed by atoms with van der Waals surface area (Å²) in [6, 6.07) is 20.0. The zero-order valence-electron chi connectivity index (χ0n) is 14.6. The van der Waals surface area contributed by atoms with Gasteiger partial charge in [0.1, 0.15) is 11.3 Å². The lowest BCUT2D eigenvalue weighted by Crippen LogP contribution is -2.25. The van der Waals surface area contributed by atoms with E-state index >= 15 is 0 Å². The predicted octanol–water partition coefficient (Wildman–Crippen LogP) is 4.30. The fourth-order valence-corrected chi connectivity index (χ4v) is 3.41. The summed E-state index contributed by atoms with van der Waals surface area (Å²) in [6.45, 7) is 1.17. The summed E-state index contributed by atoms with van der Waals surface area (Å²) < 4.78 is 5.82. The molecule has 0 aliphatic heterocycles. The minimum Gasteiger partial charge on any atom is -0.491 e. The molecule has 0 bridgehead atoms. The normalized spacial score (nSPS) is 10.6. The van der Waals surface area contributed by atoms with Gasteiger partial charge in [0.25, 0.3) is 0 Å². The average molecular weight is 366 g/mol. The fourth-order valence-electron chi connectivity index (χ4n) is 2.54. The number of carbonyl (C=O) groups is 1. The van der Waals surface area contributed by atoms with Crippen molar-refractivity contribution in [3.63, 3.8) is 0 Å². The smallest absolute Gasteiger partial charge is 0.220 e. The van der Waals surface area contributed by atoms with Gasteiger partial charge in [-0.3, -0.25) is 9.78 Å². The van der Waals surface area contributed by atoms with Crippen LogP contribution in [0, 0.1) is 0 Å². The van der Waals surface area contributed by atoms with E-state index in [1.54, 1.807) is 18.0 Å². The molecule has 1 N–H and O–H groups in total. The number of pyridine rings is 1. The number of nitrogens with one attached hydrogen (secondary N) is 1. The third-order valence-electron chi connectivity index (χ3n) is 3.84. The Morgan fingerprint density at radius 2 is 1.88 bits per heavy atom. The van der Waals surface area contributed by atoms with Gasteiger partial charge in [0, 0.05) is 35.2 Å². The van der Waals surface area contributed by atoms with Crippen molar-refractivity contribution in [3.05, 3.63) is 66.9 Å². The van der Waals surface area contributed by atoms with Crippen LogP contribution >= 0.6 is 11.8 Å². The monoisotopic (exact) mass is 366 g/mol. The number of ether oxygens (including phenoxy) is 1. The van der Waals surface area contributed by atoms with Crippen LogP contribution in [0.2, 0.25) is 0 Å². The Bertz CT molecular complexity index is 834. The van der Waals surface area contributed by atoms with Gasteiger partial charge in [0.05, 0.1) is 6.61 Å². The van der Waals surface area contributed by atoms with Crippen molar-refractivity contribution in [2.45, 2.75) is 17.7 Å². The average Bonchev–Trinajstić information content (AvgIpc) is 2.69. The maximum Gasteiger partial charge on any atom is 0.220 e. The summed E-state index contributed by atoms with van der Waals surface area (Å²) >= 11 is 1.70. The molecule has 1 heterocycles. The number of rotatable bonds is 9. The third-order valence-corrected chi connectivity index (χ3v) is 4.85. The minimum atomic E-state index is 0.0836. The third kappa shape index (κ3) is 5.49. The van der Waals surface area contributed by atoms with Crippen molar-refractivity contribution >= 4 is 28.6 Å². The van der Waals surface area contributed by atoms with Crippen molar-refractivity contribution in [1.29, 1.82) is 0 Å². The first-order chi connectivity index (χ1) is 12.8. The van der Waals surface area contributed by atoms with E-state index in [9.17, 15) is 4.79 Å². The number of nitrogens with zero attached hydrogens (tertiary/aromatic N) is 1. The van der Waals surface area contributed by atoms with E-state index in [-0.39, 0.29) is 5.91 Å². The lowest BCUT2D eigenvalue weighted by Gasteiger charge is -2.09. The Balaban J connectivity index is 1.32. The van der Waals surface area contributed by atoms with E-state index in [0.717, 1.165) is 28.8 Å². The number of hydrogen-bond donors (Lipinski definition) is 1. The lowest BCUT2D eigenvalue weighted by molar-refractivity contribution is -0.120. The molecule has 0 aliphatic carbocycles. The maximum atomic E-state index is 11.9. The first kappa shape index (κ1) is 18.3. The highest BCUT2D eigenvalue weighted by molar-refractivity contribution is 7.99.